The monoisotopic (exact) mass is 740 g/mol. The number of rotatable bonds is 16. The summed E-state index contributed by atoms with van der Waals surface area (Å²) in [6, 6.07) is 30.5. The van der Waals surface area contributed by atoms with Crippen LogP contribution in [0.4, 0.5) is 4.79 Å². The Morgan fingerprint density at radius 2 is 1.25 bits per heavy atom. The summed E-state index contributed by atoms with van der Waals surface area (Å²) in [5.74, 6) is 1.21. The quantitative estimate of drug-likeness (QED) is 0.0829. The lowest BCUT2D eigenvalue weighted by Gasteiger charge is -2.26. The van der Waals surface area contributed by atoms with Crippen molar-refractivity contribution in [3.05, 3.63) is 121 Å². The van der Waals surface area contributed by atoms with E-state index >= 15 is 0 Å². The maximum Gasteiger partial charge on any atom is 0.407 e. The number of methoxy groups -OCH3 is 1. The number of aromatic nitrogens is 4. The predicted octanol–water partition coefficient (Wildman–Crippen LogP) is 7.08. The number of carbonyl (C=O) groups is 3. The first kappa shape index (κ1) is 38.5. The largest absolute Gasteiger partial charge is 0.453 e. The molecule has 0 spiro atoms. The molecule has 0 unspecified atom stereocenters. The molecule has 12 nitrogen and oxygen atoms in total. The molecule has 0 aliphatic carbocycles. The molecule has 0 saturated heterocycles. The van der Waals surface area contributed by atoms with E-state index in [9.17, 15) is 14.4 Å². The van der Waals surface area contributed by atoms with Crippen LogP contribution in [-0.2, 0) is 27.4 Å². The number of hydrogen-bond acceptors (Lipinski definition) is 7. The SMILES string of the molecule is CCCN(Cc1ncc(-c2ccc3cc(-c4ccc(-c5cnc(CN(CCC)C(=O)[C@H](NC)c6ccccc6)[nH]5)cc4)ccc3c2)[nH]1)C(=O)CNC(=O)OC. The van der Waals surface area contributed by atoms with Gasteiger partial charge in [0.15, 0.2) is 0 Å². The summed E-state index contributed by atoms with van der Waals surface area (Å²) in [5, 5.41) is 7.84. The van der Waals surface area contributed by atoms with Crippen molar-refractivity contribution in [3.63, 3.8) is 0 Å². The van der Waals surface area contributed by atoms with E-state index in [4.69, 9.17) is 0 Å². The van der Waals surface area contributed by atoms with Crippen molar-refractivity contribution in [3.8, 4) is 33.6 Å². The molecular weight excluding hydrogens is 693 g/mol. The molecule has 284 valence electrons. The van der Waals surface area contributed by atoms with Crippen molar-refractivity contribution < 1.29 is 19.1 Å². The Morgan fingerprint density at radius 3 is 1.87 bits per heavy atom. The van der Waals surface area contributed by atoms with Crippen LogP contribution in [0.1, 0.15) is 49.9 Å². The second-order valence-electron chi connectivity index (χ2n) is 13.4. The van der Waals surface area contributed by atoms with Gasteiger partial charge in [-0.05, 0) is 65.0 Å². The number of carbonyl (C=O) groups excluding carboxylic acids is 3. The average molecular weight is 741 g/mol. The molecule has 0 aliphatic rings. The number of H-pyrrole nitrogens is 2. The molecule has 0 aliphatic heterocycles. The first-order valence-electron chi connectivity index (χ1n) is 18.6. The van der Waals surface area contributed by atoms with Crippen molar-refractivity contribution >= 4 is 28.7 Å². The van der Waals surface area contributed by atoms with Crippen molar-refractivity contribution in [1.82, 2.24) is 40.4 Å². The summed E-state index contributed by atoms with van der Waals surface area (Å²) in [6.07, 6.45) is 4.58. The molecule has 1 atom stereocenters. The molecule has 0 radical (unpaired) electrons. The molecule has 6 aromatic rings. The van der Waals surface area contributed by atoms with Gasteiger partial charge in [-0.25, -0.2) is 14.8 Å². The summed E-state index contributed by atoms with van der Waals surface area (Å²) in [6.45, 7) is 5.80. The minimum atomic E-state index is -0.643. The highest BCUT2D eigenvalue weighted by Crippen LogP contribution is 2.30. The zero-order valence-corrected chi connectivity index (χ0v) is 31.8. The lowest BCUT2D eigenvalue weighted by molar-refractivity contribution is -0.134. The summed E-state index contributed by atoms with van der Waals surface area (Å²) >= 11 is 0. The van der Waals surface area contributed by atoms with Gasteiger partial charge in [-0.3, -0.25) is 9.59 Å². The van der Waals surface area contributed by atoms with E-state index in [1.165, 1.54) is 7.11 Å². The molecule has 2 aromatic heterocycles. The van der Waals surface area contributed by atoms with E-state index in [0.717, 1.165) is 68.6 Å². The number of fused-ring (bicyclic) bond motifs is 1. The number of imidazole rings is 2. The number of hydrogen-bond donors (Lipinski definition) is 4. The Bertz CT molecular complexity index is 2210. The first-order chi connectivity index (χ1) is 26.8. The predicted molar refractivity (Wildman–Crippen MR) is 215 cm³/mol. The number of alkyl carbamates (subject to hydrolysis) is 1. The fourth-order valence-corrected chi connectivity index (χ4v) is 6.67. The van der Waals surface area contributed by atoms with Crippen LogP contribution in [0, 0.1) is 0 Å². The third-order valence-corrected chi connectivity index (χ3v) is 9.51. The van der Waals surface area contributed by atoms with Crippen molar-refractivity contribution in [2.24, 2.45) is 0 Å². The Kier molecular flexibility index (Phi) is 12.7. The Hall–Kier alpha value is -6.27. The minimum Gasteiger partial charge on any atom is -0.453 e. The number of nitrogens with zero attached hydrogens (tertiary/aromatic N) is 4. The van der Waals surface area contributed by atoms with Crippen LogP contribution in [0.25, 0.3) is 44.4 Å². The van der Waals surface area contributed by atoms with Gasteiger partial charge < -0.3 is 35.1 Å². The van der Waals surface area contributed by atoms with E-state index < -0.39 is 12.1 Å². The van der Waals surface area contributed by atoms with Crippen LogP contribution in [-0.4, -0.2) is 81.4 Å². The van der Waals surface area contributed by atoms with Crippen molar-refractivity contribution in [2.45, 2.75) is 45.8 Å². The molecule has 3 amide bonds. The smallest absolute Gasteiger partial charge is 0.407 e. The Labute approximate surface area is 321 Å². The summed E-state index contributed by atoms with van der Waals surface area (Å²) in [4.78, 5) is 57.2. The van der Waals surface area contributed by atoms with Crippen LogP contribution in [0.2, 0.25) is 0 Å². The molecule has 0 bridgehead atoms. The number of benzene rings is 4. The highest BCUT2D eigenvalue weighted by Gasteiger charge is 2.25. The fraction of sp³-hybridized carbons (Fsp3) is 0.279. The van der Waals surface area contributed by atoms with Gasteiger partial charge in [-0.15, -0.1) is 0 Å². The van der Waals surface area contributed by atoms with Gasteiger partial charge in [-0.1, -0.05) is 92.7 Å². The molecule has 4 N–H and O–H groups in total. The van der Waals surface area contributed by atoms with Crippen LogP contribution < -0.4 is 10.6 Å². The minimum absolute atomic E-state index is 0.0208. The summed E-state index contributed by atoms with van der Waals surface area (Å²) < 4.78 is 4.57. The molecule has 12 heteroatoms. The molecule has 4 aromatic carbocycles. The molecule has 2 heterocycles. The Morgan fingerprint density at radius 1 is 0.709 bits per heavy atom. The highest BCUT2D eigenvalue weighted by atomic mass is 16.5. The topological polar surface area (TPSA) is 148 Å². The maximum atomic E-state index is 13.6. The third kappa shape index (κ3) is 9.46. The maximum absolute atomic E-state index is 13.6. The number of likely N-dealkylation sites (N-methyl/N-ethyl adjacent to an activating group) is 1. The van der Waals surface area contributed by atoms with Gasteiger partial charge in [0.1, 0.15) is 24.2 Å². The zero-order valence-electron chi connectivity index (χ0n) is 31.8. The summed E-state index contributed by atoms with van der Waals surface area (Å²) in [5.41, 5.74) is 6.89. The lowest BCUT2D eigenvalue weighted by atomic mass is 9.98. The van der Waals surface area contributed by atoms with Gasteiger partial charge in [0.2, 0.25) is 11.8 Å². The van der Waals surface area contributed by atoms with Crippen LogP contribution in [0.5, 0.6) is 0 Å². The highest BCUT2D eigenvalue weighted by molar-refractivity contribution is 5.90. The lowest BCUT2D eigenvalue weighted by Crippen LogP contribution is -2.40. The number of ether oxygens (including phenoxy) is 1. The van der Waals surface area contributed by atoms with E-state index in [1.54, 1.807) is 11.1 Å². The van der Waals surface area contributed by atoms with Gasteiger partial charge >= 0.3 is 6.09 Å². The average Bonchev–Trinajstić information content (AvgIpc) is 3.90. The number of amides is 3. The molecule has 0 saturated carbocycles. The molecule has 0 fully saturated rings. The fourth-order valence-electron chi connectivity index (χ4n) is 6.67. The van der Waals surface area contributed by atoms with Gasteiger partial charge in [0, 0.05) is 18.7 Å². The van der Waals surface area contributed by atoms with Gasteiger partial charge in [0.25, 0.3) is 0 Å². The normalized spacial score (nSPS) is 11.6. The van der Waals surface area contributed by atoms with E-state index in [1.807, 2.05) is 55.4 Å². The second-order valence-corrected chi connectivity index (χ2v) is 13.4. The standard InChI is InChI=1S/C43H48N8O4/c1-5-20-50(40(52)26-47-43(54)55-4)27-38-46-25-37(49-38)35-19-18-33-22-32(16-17-34(33)23-35)29-12-14-30(15-13-29)36-24-45-39(48-36)28-51(21-6-2)42(53)41(44-3)31-10-8-7-9-11-31/h7-19,22-25,41,44H,5-6,20-21,26-28H2,1-4H3,(H,45,48)(H,46,49)(H,47,54)/t41-/m1/s1. The van der Waals surface area contributed by atoms with Crippen LogP contribution in [0.15, 0.2) is 103 Å². The van der Waals surface area contributed by atoms with Crippen molar-refractivity contribution in [1.29, 1.82) is 0 Å². The van der Waals surface area contributed by atoms with Gasteiger partial charge in [0.05, 0.1) is 44.0 Å². The van der Waals surface area contributed by atoms with Crippen LogP contribution in [0.3, 0.4) is 0 Å². The van der Waals surface area contributed by atoms with Crippen LogP contribution >= 0.6 is 0 Å². The van der Waals surface area contributed by atoms with E-state index in [2.05, 4.69) is 103 Å². The van der Waals surface area contributed by atoms with Crippen molar-refractivity contribution in [2.75, 3.05) is 33.8 Å². The molecule has 6 rings (SSSR count). The molecular formula is C43H48N8O4. The van der Waals surface area contributed by atoms with Gasteiger partial charge in [-0.2, -0.15) is 0 Å². The first-order valence-corrected chi connectivity index (χ1v) is 18.6. The number of aromatic amines is 2. The second kappa shape index (κ2) is 18.2. The molecule has 55 heavy (non-hydrogen) atoms. The number of nitrogens with one attached hydrogen (secondary N) is 4. The zero-order chi connectivity index (χ0) is 38.7. The van der Waals surface area contributed by atoms with E-state index in [-0.39, 0.29) is 18.4 Å². The third-order valence-electron chi connectivity index (χ3n) is 9.51. The summed E-state index contributed by atoms with van der Waals surface area (Å²) in [7, 11) is 3.08. The Balaban J connectivity index is 1.11. The van der Waals surface area contributed by atoms with E-state index in [0.29, 0.717) is 32.0 Å².